The van der Waals surface area contributed by atoms with Crippen LogP contribution in [0.4, 0.5) is 9.18 Å². The molecule has 2 aliphatic rings. The molecule has 1 atom stereocenters. The van der Waals surface area contributed by atoms with E-state index in [4.69, 9.17) is 4.74 Å². The maximum atomic E-state index is 13.5. The van der Waals surface area contributed by atoms with Crippen molar-refractivity contribution in [2.75, 3.05) is 6.26 Å². The first-order chi connectivity index (χ1) is 18.4. The zero-order valence-electron chi connectivity index (χ0n) is 21.4. The SMILES string of the molecule is C[C@@H](CC1CCC2(CC1)OC(=O)NN=C2c1ccc(S(C)(=O)=O)cc1Br)NC(=O)c1cc2cc(F)ccc2[nH]1. The quantitative estimate of drug-likeness (QED) is 0.356. The zero-order valence-corrected chi connectivity index (χ0v) is 23.8. The summed E-state index contributed by atoms with van der Waals surface area (Å²) < 4.78 is 43.8. The van der Waals surface area contributed by atoms with E-state index < -0.39 is 21.5 Å². The number of nitrogens with zero attached hydrogens (tertiary/aromatic N) is 1. The molecule has 0 radical (unpaired) electrons. The number of hydrazone groups is 1. The van der Waals surface area contributed by atoms with Gasteiger partial charge in [-0.25, -0.2) is 23.0 Å². The Kier molecular flexibility index (Phi) is 7.27. The molecule has 1 aliphatic heterocycles. The third kappa shape index (κ3) is 5.72. The van der Waals surface area contributed by atoms with Crippen LogP contribution in [0.25, 0.3) is 10.9 Å². The molecule has 0 unspecified atom stereocenters. The Labute approximate surface area is 233 Å². The van der Waals surface area contributed by atoms with E-state index in [2.05, 4.69) is 36.8 Å². The molecule has 1 spiro atoms. The van der Waals surface area contributed by atoms with Crippen molar-refractivity contribution >= 4 is 54.4 Å². The number of amides is 2. The van der Waals surface area contributed by atoms with Gasteiger partial charge in [-0.15, -0.1) is 0 Å². The number of hydrogen-bond donors (Lipinski definition) is 3. The van der Waals surface area contributed by atoms with Gasteiger partial charge in [-0.2, -0.15) is 5.10 Å². The molecular weight excluding hydrogens is 591 g/mol. The molecule has 206 valence electrons. The van der Waals surface area contributed by atoms with Crippen LogP contribution in [0.3, 0.4) is 0 Å². The number of fused-ring (bicyclic) bond motifs is 1. The van der Waals surface area contributed by atoms with E-state index >= 15 is 0 Å². The van der Waals surface area contributed by atoms with Crippen LogP contribution in [-0.2, 0) is 14.6 Å². The summed E-state index contributed by atoms with van der Waals surface area (Å²) in [7, 11) is -3.39. The highest BCUT2D eigenvalue weighted by atomic mass is 79.9. The van der Waals surface area contributed by atoms with Gasteiger partial charge in [0.25, 0.3) is 5.91 Å². The lowest BCUT2D eigenvalue weighted by Gasteiger charge is -2.42. The number of carbonyl (C=O) groups excluding carboxylic acids is 2. The predicted molar refractivity (Wildman–Crippen MR) is 148 cm³/mol. The van der Waals surface area contributed by atoms with E-state index in [-0.39, 0.29) is 28.6 Å². The second-order valence-corrected chi connectivity index (χ2v) is 13.2. The molecule has 1 fully saturated rings. The van der Waals surface area contributed by atoms with Gasteiger partial charge >= 0.3 is 6.09 Å². The van der Waals surface area contributed by atoms with Crippen molar-refractivity contribution in [1.82, 2.24) is 15.7 Å². The minimum atomic E-state index is -3.39. The van der Waals surface area contributed by atoms with E-state index in [9.17, 15) is 22.4 Å². The van der Waals surface area contributed by atoms with Crippen molar-refractivity contribution in [2.24, 2.45) is 11.0 Å². The Morgan fingerprint density at radius 3 is 2.67 bits per heavy atom. The first-order valence-electron chi connectivity index (χ1n) is 12.6. The fourth-order valence-corrected chi connectivity index (χ4v) is 6.85. The predicted octanol–water partition coefficient (Wildman–Crippen LogP) is 5.05. The molecule has 2 amide bonds. The normalized spacial score (nSPS) is 22.2. The van der Waals surface area contributed by atoms with Gasteiger partial charge in [-0.1, -0.05) is 22.0 Å². The molecule has 1 aromatic heterocycles. The summed E-state index contributed by atoms with van der Waals surface area (Å²) in [4.78, 5) is 28.2. The number of aromatic amines is 1. The highest BCUT2D eigenvalue weighted by molar-refractivity contribution is 9.10. The molecule has 2 aromatic carbocycles. The average molecular weight is 620 g/mol. The molecule has 9 nitrogen and oxygen atoms in total. The van der Waals surface area contributed by atoms with Gasteiger partial charge in [0, 0.05) is 33.2 Å². The minimum absolute atomic E-state index is 0.110. The molecule has 12 heteroatoms. The van der Waals surface area contributed by atoms with Crippen molar-refractivity contribution in [1.29, 1.82) is 0 Å². The van der Waals surface area contributed by atoms with Gasteiger partial charge < -0.3 is 15.0 Å². The molecule has 1 saturated carbocycles. The number of aromatic nitrogens is 1. The summed E-state index contributed by atoms with van der Waals surface area (Å²) in [5.41, 5.74) is 3.72. The van der Waals surface area contributed by atoms with Crippen molar-refractivity contribution < 1.29 is 27.1 Å². The van der Waals surface area contributed by atoms with Crippen LogP contribution in [0.5, 0.6) is 0 Å². The van der Waals surface area contributed by atoms with Gasteiger partial charge in [0.05, 0.1) is 4.90 Å². The topological polar surface area (TPSA) is 130 Å². The van der Waals surface area contributed by atoms with Crippen molar-refractivity contribution in [3.05, 3.63) is 64.0 Å². The Hall–Kier alpha value is -3.25. The van der Waals surface area contributed by atoms with E-state index in [0.717, 1.165) is 25.5 Å². The fourth-order valence-electron chi connectivity index (χ4n) is 5.48. The van der Waals surface area contributed by atoms with Crippen molar-refractivity contribution in [2.45, 2.75) is 55.6 Å². The first-order valence-corrected chi connectivity index (χ1v) is 15.3. The number of carbonyl (C=O) groups is 2. The van der Waals surface area contributed by atoms with Crippen LogP contribution in [0.1, 0.15) is 55.1 Å². The van der Waals surface area contributed by atoms with Crippen LogP contribution in [0.2, 0.25) is 0 Å². The Bertz CT molecular complexity index is 1590. The lowest BCUT2D eigenvalue weighted by atomic mass is 9.73. The van der Waals surface area contributed by atoms with Gasteiger partial charge in [0.15, 0.2) is 15.4 Å². The standard InChI is InChI=1S/C27H28BrFN4O5S/c1-15(30-25(34)23-13-17-12-18(29)3-6-22(17)31-23)11-16-7-9-27(10-8-16)24(32-33-26(35)38-27)20-5-4-19(14-21(20)28)39(2,36)37/h3-6,12-16,31H,7-11H2,1-2H3,(H,30,34)(H,33,35)/t15-,16?,27?/m0/s1. The van der Waals surface area contributed by atoms with E-state index in [0.29, 0.717) is 45.2 Å². The number of rotatable bonds is 6. The number of nitrogens with one attached hydrogen (secondary N) is 3. The minimum Gasteiger partial charge on any atom is -0.435 e. The van der Waals surface area contributed by atoms with Crippen molar-refractivity contribution in [3.8, 4) is 0 Å². The highest BCUT2D eigenvalue weighted by Gasteiger charge is 2.47. The zero-order chi connectivity index (χ0) is 27.9. The van der Waals surface area contributed by atoms with Crippen LogP contribution in [-0.4, -0.2) is 49.0 Å². The van der Waals surface area contributed by atoms with E-state index in [1.807, 2.05) is 6.92 Å². The smallest absolute Gasteiger partial charge is 0.428 e. The number of benzene rings is 2. The third-order valence-corrected chi connectivity index (χ3v) is 9.17. The molecule has 1 aliphatic carbocycles. The molecule has 0 bridgehead atoms. The summed E-state index contributed by atoms with van der Waals surface area (Å²) in [6.07, 6.45) is 3.83. The fraction of sp³-hybridized carbons (Fsp3) is 0.370. The average Bonchev–Trinajstić information content (AvgIpc) is 3.29. The summed E-state index contributed by atoms with van der Waals surface area (Å²) >= 11 is 3.47. The molecule has 39 heavy (non-hydrogen) atoms. The number of sulfone groups is 1. The van der Waals surface area contributed by atoms with Crippen molar-refractivity contribution in [3.63, 3.8) is 0 Å². The number of hydrogen-bond acceptors (Lipinski definition) is 6. The number of ether oxygens (including phenoxy) is 1. The van der Waals surface area contributed by atoms with E-state index in [1.54, 1.807) is 18.2 Å². The van der Waals surface area contributed by atoms with E-state index in [1.165, 1.54) is 24.3 Å². The second-order valence-electron chi connectivity index (χ2n) is 10.3. The molecule has 3 aromatic rings. The molecule has 0 saturated heterocycles. The largest absolute Gasteiger partial charge is 0.435 e. The van der Waals surface area contributed by atoms with Crippen LogP contribution in [0, 0.1) is 11.7 Å². The molecule has 5 rings (SSSR count). The number of halogens is 2. The van der Waals surface area contributed by atoms with Gasteiger partial charge in [-0.05, 0) is 81.3 Å². The second kappa shape index (κ2) is 10.4. The lowest BCUT2D eigenvalue weighted by Crippen LogP contribution is -2.52. The third-order valence-electron chi connectivity index (χ3n) is 7.41. The highest BCUT2D eigenvalue weighted by Crippen LogP contribution is 2.41. The number of H-pyrrole nitrogens is 1. The summed E-state index contributed by atoms with van der Waals surface area (Å²) in [5, 5.41) is 7.98. The monoisotopic (exact) mass is 618 g/mol. The molecular formula is C27H28BrFN4O5S. The molecule has 2 heterocycles. The first kappa shape index (κ1) is 27.3. The maximum Gasteiger partial charge on any atom is 0.428 e. The van der Waals surface area contributed by atoms with Gasteiger partial charge in [0.1, 0.15) is 17.2 Å². The summed E-state index contributed by atoms with van der Waals surface area (Å²) in [6.45, 7) is 1.95. The Morgan fingerprint density at radius 2 is 1.97 bits per heavy atom. The summed E-state index contributed by atoms with van der Waals surface area (Å²) in [5.74, 6) is -0.327. The van der Waals surface area contributed by atoms with Crippen LogP contribution in [0.15, 0.2) is 56.9 Å². The van der Waals surface area contributed by atoms with Crippen LogP contribution < -0.4 is 10.7 Å². The molecule has 3 N–H and O–H groups in total. The lowest BCUT2D eigenvalue weighted by molar-refractivity contribution is 0.0154. The Morgan fingerprint density at radius 1 is 1.23 bits per heavy atom. The maximum absolute atomic E-state index is 13.5. The Balaban J connectivity index is 1.25. The van der Waals surface area contributed by atoms with Crippen LogP contribution >= 0.6 is 15.9 Å². The van der Waals surface area contributed by atoms with Gasteiger partial charge in [-0.3, -0.25) is 4.79 Å². The van der Waals surface area contributed by atoms with Gasteiger partial charge in [0.2, 0.25) is 0 Å². The summed E-state index contributed by atoms with van der Waals surface area (Å²) in [6, 6.07) is 10.6.